The number of carbonyl (C=O) groups excluding carboxylic acids is 1. The van der Waals surface area contributed by atoms with E-state index in [4.69, 9.17) is 4.52 Å². The van der Waals surface area contributed by atoms with Crippen molar-refractivity contribution in [1.29, 1.82) is 0 Å². The molecule has 1 aromatic heterocycles. The van der Waals surface area contributed by atoms with Crippen molar-refractivity contribution in [2.75, 3.05) is 11.5 Å². The van der Waals surface area contributed by atoms with Crippen LogP contribution >= 0.6 is 0 Å². The molecule has 23 heavy (non-hydrogen) atoms. The lowest BCUT2D eigenvalue weighted by Crippen LogP contribution is -2.35. The van der Waals surface area contributed by atoms with Gasteiger partial charge in [-0.3, -0.25) is 4.79 Å². The number of benzene rings is 1. The number of sulfone groups is 1. The Morgan fingerprint density at radius 3 is 2.83 bits per heavy atom. The van der Waals surface area contributed by atoms with Crippen molar-refractivity contribution in [3.63, 3.8) is 0 Å². The number of rotatable bonds is 3. The van der Waals surface area contributed by atoms with Gasteiger partial charge in [-0.2, -0.15) is 0 Å². The van der Waals surface area contributed by atoms with E-state index in [1.807, 2.05) is 0 Å². The van der Waals surface area contributed by atoms with Gasteiger partial charge in [-0.25, -0.2) is 12.8 Å². The minimum absolute atomic E-state index is 0.0327. The van der Waals surface area contributed by atoms with Crippen molar-refractivity contribution < 1.29 is 22.1 Å². The molecule has 6 nitrogen and oxygen atoms in total. The van der Waals surface area contributed by atoms with Crippen molar-refractivity contribution in [1.82, 2.24) is 10.5 Å². The van der Waals surface area contributed by atoms with E-state index in [0.29, 0.717) is 17.5 Å². The molecule has 1 atom stereocenters. The molecule has 2 aromatic rings. The predicted molar refractivity (Wildman–Crippen MR) is 81.2 cm³/mol. The fraction of sp³-hybridized carbons (Fsp3) is 0.333. The van der Waals surface area contributed by atoms with Crippen LogP contribution in [0.15, 0.2) is 28.8 Å². The normalized spacial score (nSPS) is 19.7. The Kier molecular flexibility index (Phi) is 3.93. The van der Waals surface area contributed by atoms with Gasteiger partial charge in [0, 0.05) is 17.7 Å². The van der Waals surface area contributed by atoms with Gasteiger partial charge in [0.15, 0.2) is 21.3 Å². The van der Waals surface area contributed by atoms with E-state index in [1.54, 1.807) is 19.1 Å². The summed E-state index contributed by atoms with van der Waals surface area (Å²) in [5.41, 5.74) is 1.02. The third-order valence-electron chi connectivity index (χ3n) is 3.77. The summed E-state index contributed by atoms with van der Waals surface area (Å²) in [5, 5.41) is 6.29. The predicted octanol–water partition coefficient (Wildman–Crippen LogP) is 1.71. The molecule has 0 bridgehead atoms. The number of carbonyl (C=O) groups is 1. The van der Waals surface area contributed by atoms with E-state index >= 15 is 0 Å². The highest BCUT2D eigenvalue weighted by Gasteiger charge is 2.29. The Morgan fingerprint density at radius 2 is 2.17 bits per heavy atom. The fourth-order valence-corrected chi connectivity index (χ4v) is 4.11. The van der Waals surface area contributed by atoms with Gasteiger partial charge in [-0.05, 0) is 25.0 Å². The molecule has 0 radical (unpaired) electrons. The number of nitrogens with one attached hydrogen (secondary N) is 1. The Labute approximate surface area is 132 Å². The summed E-state index contributed by atoms with van der Waals surface area (Å²) in [4.78, 5) is 12.1. The van der Waals surface area contributed by atoms with Crippen molar-refractivity contribution in [2.45, 2.75) is 19.4 Å². The molecule has 0 aliphatic carbocycles. The topological polar surface area (TPSA) is 89.3 Å². The number of hydrogen-bond donors (Lipinski definition) is 1. The van der Waals surface area contributed by atoms with Gasteiger partial charge in [0.1, 0.15) is 5.82 Å². The third kappa shape index (κ3) is 3.42. The number of amides is 1. The molecular weight excluding hydrogens is 323 g/mol. The maximum atomic E-state index is 13.6. The number of hydrogen-bond acceptors (Lipinski definition) is 5. The van der Waals surface area contributed by atoms with Gasteiger partial charge in [0.05, 0.1) is 11.5 Å². The summed E-state index contributed by atoms with van der Waals surface area (Å²) in [6.45, 7) is 1.65. The second kappa shape index (κ2) is 5.77. The highest BCUT2D eigenvalue weighted by Crippen LogP contribution is 2.23. The monoisotopic (exact) mass is 338 g/mol. The van der Waals surface area contributed by atoms with E-state index in [-0.39, 0.29) is 28.8 Å². The lowest BCUT2D eigenvalue weighted by atomic mass is 10.1. The molecule has 1 aromatic carbocycles. The minimum Gasteiger partial charge on any atom is -0.355 e. The number of nitrogens with zero attached hydrogens (tertiary/aromatic N) is 1. The van der Waals surface area contributed by atoms with E-state index < -0.39 is 21.8 Å². The summed E-state index contributed by atoms with van der Waals surface area (Å²) in [6.07, 6.45) is 0.391. The minimum atomic E-state index is -3.07. The van der Waals surface area contributed by atoms with Gasteiger partial charge in [0.25, 0.3) is 5.91 Å². The third-order valence-corrected chi connectivity index (χ3v) is 5.53. The van der Waals surface area contributed by atoms with Crippen LogP contribution in [-0.4, -0.2) is 37.0 Å². The molecule has 0 unspecified atom stereocenters. The maximum absolute atomic E-state index is 13.6. The van der Waals surface area contributed by atoms with Gasteiger partial charge in [0.2, 0.25) is 0 Å². The largest absolute Gasteiger partial charge is 0.355 e. The quantitative estimate of drug-likeness (QED) is 0.920. The Hall–Kier alpha value is -2.22. The Morgan fingerprint density at radius 1 is 1.39 bits per heavy atom. The van der Waals surface area contributed by atoms with Crippen LogP contribution in [0.25, 0.3) is 11.3 Å². The van der Waals surface area contributed by atoms with Crippen LogP contribution in [0.4, 0.5) is 4.39 Å². The summed E-state index contributed by atoms with van der Waals surface area (Å²) < 4.78 is 41.4. The Bertz CT molecular complexity index is 860. The van der Waals surface area contributed by atoms with Crippen LogP contribution in [0.2, 0.25) is 0 Å². The van der Waals surface area contributed by atoms with Crippen LogP contribution in [0, 0.1) is 12.7 Å². The zero-order valence-electron chi connectivity index (χ0n) is 12.4. The van der Waals surface area contributed by atoms with Crippen molar-refractivity contribution >= 4 is 15.7 Å². The van der Waals surface area contributed by atoms with E-state index in [1.165, 1.54) is 12.1 Å². The Balaban J connectivity index is 1.73. The van der Waals surface area contributed by atoms with Crippen molar-refractivity contribution in [3.05, 3.63) is 41.3 Å². The first-order valence-electron chi connectivity index (χ1n) is 7.08. The van der Waals surface area contributed by atoms with Crippen molar-refractivity contribution in [2.24, 2.45) is 0 Å². The highest BCUT2D eigenvalue weighted by molar-refractivity contribution is 7.91. The average molecular weight is 338 g/mol. The van der Waals surface area contributed by atoms with Crippen LogP contribution in [0.3, 0.4) is 0 Å². The molecular formula is C15H15FN2O4S. The molecule has 3 rings (SSSR count). The molecule has 0 spiro atoms. The molecule has 1 aliphatic heterocycles. The van der Waals surface area contributed by atoms with Crippen LogP contribution in [0.1, 0.15) is 22.5 Å². The molecule has 1 saturated heterocycles. The van der Waals surface area contributed by atoms with Gasteiger partial charge in [-0.1, -0.05) is 17.3 Å². The first-order valence-corrected chi connectivity index (χ1v) is 8.91. The first-order chi connectivity index (χ1) is 10.8. The van der Waals surface area contributed by atoms with E-state index in [9.17, 15) is 17.6 Å². The fourth-order valence-electron chi connectivity index (χ4n) is 2.43. The molecule has 1 aliphatic rings. The van der Waals surface area contributed by atoms with E-state index in [0.717, 1.165) is 0 Å². The molecule has 122 valence electrons. The van der Waals surface area contributed by atoms with Crippen LogP contribution in [-0.2, 0) is 9.84 Å². The summed E-state index contributed by atoms with van der Waals surface area (Å²) in [5.74, 6) is -0.596. The zero-order chi connectivity index (χ0) is 16.6. The second-order valence-corrected chi connectivity index (χ2v) is 7.84. The SMILES string of the molecule is Cc1ccc(-c2cc(C(=O)N[C@H]3CCS(=O)(=O)C3)no2)cc1F. The average Bonchev–Trinajstić information content (AvgIpc) is 3.09. The molecule has 1 fully saturated rings. The molecule has 0 saturated carbocycles. The highest BCUT2D eigenvalue weighted by atomic mass is 32.2. The summed E-state index contributed by atoms with van der Waals surface area (Å²) in [7, 11) is -3.07. The zero-order valence-corrected chi connectivity index (χ0v) is 13.2. The molecule has 1 amide bonds. The molecule has 1 N–H and O–H groups in total. The number of aryl methyl sites for hydroxylation is 1. The van der Waals surface area contributed by atoms with Crippen molar-refractivity contribution in [3.8, 4) is 11.3 Å². The first kappa shape index (κ1) is 15.7. The number of halogens is 1. The second-order valence-electron chi connectivity index (χ2n) is 5.61. The lowest BCUT2D eigenvalue weighted by Gasteiger charge is -2.08. The summed E-state index contributed by atoms with van der Waals surface area (Å²) in [6, 6.07) is 5.58. The number of aromatic nitrogens is 1. The standard InChI is InChI=1S/C15H15FN2O4S/c1-9-2-3-10(6-12(9)16)14-7-13(18-22-14)15(19)17-11-4-5-23(20,21)8-11/h2-3,6-7,11H,4-5,8H2,1H3,(H,17,19)/t11-/m0/s1. The smallest absolute Gasteiger partial charge is 0.273 e. The molecule has 2 heterocycles. The maximum Gasteiger partial charge on any atom is 0.273 e. The van der Waals surface area contributed by atoms with Gasteiger partial charge in [-0.15, -0.1) is 0 Å². The van der Waals surface area contributed by atoms with Gasteiger partial charge >= 0.3 is 0 Å². The van der Waals surface area contributed by atoms with E-state index in [2.05, 4.69) is 10.5 Å². The van der Waals surface area contributed by atoms with Crippen LogP contribution < -0.4 is 5.32 Å². The molecule has 8 heteroatoms. The van der Waals surface area contributed by atoms with Gasteiger partial charge < -0.3 is 9.84 Å². The lowest BCUT2D eigenvalue weighted by molar-refractivity contribution is 0.0932. The summed E-state index contributed by atoms with van der Waals surface area (Å²) >= 11 is 0. The van der Waals surface area contributed by atoms with Crippen LogP contribution in [0.5, 0.6) is 0 Å².